The summed E-state index contributed by atoms with van der Waals surface area (Å²) in [5.41, 5.74) is 5.34. The largest absolute Gasteiger partial charge is 0.480 e. The zero-order chi connectivity index (χ0) is 15.5. The van der Waals surface area contributed by atoms with Gasteiger partial charge in [0.15, 0.2) is 0 Å². The Morgan fingerprint density at radius 1 is 1.40 bits per heavy atom. The smallest absolute Gasteiger partial charge is 0.320 e. The summed E-state index contributed by atoms with van der Waals surface area (Å²) in [4.78, 5) is 35.0. The number of nitrogens with zero attached hydrogens (tertiary/aromatic N) is 1. The van der Waals surface area contributed by atoms with Crippen molar-refractivity contribution < 1.29 is 19.5 Å². The van der Waals surface area contributed by atoms with Gasteiger partial charge in [-0.05, 0) is 18.6 Å². The van der Waals surface area contributed by atoms with E-state index < -0.39 is 12.0 Å². The van der Waals surface area contributed by atoms with Gasteiger partial charge in [0.25, 0.3) is 0 Å². The summed E-state index contributed by atoms with van der Waals surface area (Å²) in [5.74, 6) is -0.674. The van der Waals surface area contributed by atoms with E-state index in [2.05, 4.69) is 5.32 Å². The van der Waals surface area contributed by atoms with Crippen LogP contribution in [0.15, 0.2) is 0 Å². The van der Waals surface area contributed by atoms with Crippen LogP contribution in [-0.4, -0.2) is 65.5 Å². The first-order chi connectivity index (χ1) is 9.38. The van der Waals surface area contributed by atoms with Crippen LogP contribution in [0.4, 0.5) is 0 Å². The lowest BCUT2D eigenvalue weighted by Gasteiger charge is -2.16. The molecule has 20 heavy (non-hydrogen) atoms. The second-order valence-electron chi connectivity index (χ2n) is 4.39. The number of thioether (sulfide) groups is 1. The summed E-state index contributed by atoms with van der Waals surface area (Å²) in [6.45, 7) is 2.59. The minimum atomic E-state index is -1.04. The number of carboxylic acids is 1. The van der Waals surface area contributed by atoms with E-state index in [9.17, 15) is 14.4 Å². The number of amides is 2. The molecular formula is C12H23N3O4S. The third-order valence-corrected chi connectivity index (χ3v) is 3.47. The molecule has 7 nitrogen and oxygen atoms in total. The second kappa shape index (κ2) is 10.5. The van der Waals surface area contributed by atoms with E-state index >= 15 is 0 Å². The van der Waals surface area contributed by atoms with Gasteiger partial charge in [-0.2, -0.15) is 11.8 Å². The van der Waals surface area contributed by atoms with Crippen molar-refractivity contribution in [2.24, 2.45) is 5.73 Å². The maximum atomic E-state index is 11.7. The number of hydrogen-bond acceptors (Lipinski definition) is 5. The molecule has 0 fully saturated rings. The van der Waals surface area contributed by atoms with Crippen molar-refractivity contribution in [3.05, 3.63) is 0 Å². The Morgan fingerprint density at radius 3 is 2.60 bits per heavy atom. The van der Waals surface area contributed by atoms with Gasteiger partial charge in [-0.25, -0.2) is 0 Å². The average Bonchev–Trinajstić information content (AvgIpc) is 2.40. The van der Waals surface area contributed by atoms with Crippen LogP contribution in [0.25, 0.3) is 0 Å². The van der Waals surface area contributed by atoms with Gasteiger partial charge in [0, 0.05) is 13.6 Å². The van der Waals surface area contributed by atoms with Gasteiger partial charge >= 0.3 is 5.97 Å². The fraction of sp³-hybridized carbons (Fsp3) is 0.750. The Morgan fingerprint density at radius 2 is 2.05 bits per heavy atom. The van der Waals surface area contributed by atoms with Crippen LogP contribution in [0.3, 0.4) is 0 Å². The molecule has 2 amide bonds. The Labute approximate surface area is 123 Å². The lowest BCUT2D eigenvalue weighted by molar-refractivity contribution is -0.138. The van der Waals surface area contributed by atoms with E-state index in [-0.39, 0.29) is 24.1 Å². The van der Waals surface area contributed by atoms with E-state index in [1.807, 2.05) is 6.92 Å². The second-order valence-corrected chi connectivity index (χ2v) is 5.49. The standard InChI is InChI=1S/C12H23N3O4S/c1-3-5-14-10(16)7-15(2)11(17)8-20-6-4-9(13)12(18)19/h9H,3-8,13H2,1-2H3,(H,14,16)(H,18,19). The zero-order valence-electron chi connectivity index (χ0n) is 11.9. The van der Waals surface area contributed by atoms with Crippen molar-refractivity contribution in [3.8, 4) is 0 Å². The third kappa shape index (κ3) is 8.76. The number of nitrogens with two attached hydrogens (primary N) is 1. The lowest BCUT2D eigenvalue weighted by atomic mass is 10.2. The minimum Gasteiger partial charge on any atom is -0.480 e. The zero-order valence-corrected chi connectivity index (χ0v) is 12.7. The highest BCUT2D eigenvalue weighted by Crippen LogP contribution is 2.05. The summed E-state index contributed by atoms with van der Waals surface area (Å²) >= 11 is 1.31. The SMILES string of the molecule is CCCNC(=O)CN(C)C(=O)CSCCC(N)C(=O)O. The van der Waals surface area contributed by atoms with Gasteiger partial charge in [-0.15, -0.1) is 0 Å². The van der Waals surface area contributed by atoms with Crippen molar-refractivity contribution in [1.29, 1.82) is 0 Å². The molecule has 0 aliphatic rings. The number of likely N-dealkylation sites (N-methyl/N-ethyl adjacent to an activating group) is 1. The van der Waals surface area contributed by atoms with Crippen LogP contribution in [0.5, 0.6) is 0 Å². The minimum absolute atomic E-state index is 0.0357. The average molecular weight is 305 g/mol. The van der Waals surface area contributed by atoms with Crippen molar-refractivity contribution in [2.75, 3.05) is 31.6 Å². The van der Waals surface area contributed by atoms with Crippen LogP contribution in [-0.2, 0) is 14.4 Å². The van der Waals surface area contributed by atoms with E-state index in [1.54, 1.807) is 7.05 Å². The third-order valence-electron chi connectivity index (χ3n) is 2.49. The van der Waals surface area contributed by atoms with Crippen molar-refractivity contribution >= 4 is 29.5 Å². The molecule has 1 atom stereocenters. The van der Waals surface area contributed by atoms with Crippen molar-refractivity contribution in [3.63, 3.8) is 0 Å². The molecule has 0 heterocycles. The fourth-order valence-electron chi connectivity index (χ4n) is 1.23. The van der Waals surface area contributed by atoms with Crippen LogP contribution in [0.2, 0.25) is 0 Å². The Hall–Kier alpha value is -1.28. The van der Waals surface area contributed by atoms with Gasteiger partial charge in [0.05, 0.1) is 12.3 Å². The number of carboxylic acid groups (broad SMARTS) is 1. The van der Waals surface area contributed by atoms with E-state index in [1.165, 1.54) is 16.7 Å². The summed E-state index contributed by atoms with van der Waals surface area (Å²) in [7, 11) is 1.57. The molecule has 0 aliphatic heterocycles. The first-order valence-electron chi connectivity index (χ1n) is 6.45. The first-order valence-corrected chi connectivity index (χ1v) is 7.60. The number of carbonyl (C=O) groups excluding carboxylic acids is 2. The molecular weight excluding hydrogens is 282 g/mol. The predicted molar refractivity (Wildman–Crippen MR) is 78.5 cm³/mol. The first kappa shape index (κ1) is 18.7. The molecule has 0 aromatic heterocycles. The van der Waals surface area contributed by atoms with Gasteiger partial charge in [-0.1, -0.05) is 6.92 Å². The molecule has 1 unspecified atom stereocenters. The molecule has 0 aromatic carbocycles. The maximum absolute atomic E-state index is 11.7. The van der Waals surface area contributed by atoms with Crippen molar-refractivity contribution in [2.45, 2.75) is 25.8 Å². The van der Waals surface area contributed by atoms with Gasteiger partial charge in [0.2, 0.25) is 11.8 Å². The molecule has 0 bridgehead atoms. The number of hydrogen-bond donors (Lipinski definition) is 3. The van der Waals surface area contributed by atoms with Gasteiger partial charge in [-0.3, -0.25) is 14.4 Å². The number of rotatable bonds is 10. The monoisotopic (exact) mass is 305 g/mol. The highest BCUT2D eigenvalue weighted by molar-refractivity contribution is 7.99. The quantitative estimate of drug-likeness (QED) is 0.469. The topological polar surface area (TPSA) is 113 Å². The van der Waals surface area contributed by atoms with E-state index in [0.29, 0.717) is 18.7 Å². The van der Waals surface area contributed by atoms with Crippen LogP contribution < -0.4 is 11.1 Å². The summed E-state index contributed by atoms with van der Waals surface area (Å²) < 4.78 is 0. The fourth-order valence-corrected chi connectivity index (χ4v) is 2.19. The Balaban J connectivity index is 3.80. The summed E-state index contributed by atoms with van der Waals surface area (Å²) in [5, 5.41) is 11.3. The van der Waals surface area contributed by atoms with Crippen LogP contribution in [0.1, 0.15) is 19.8 Å². The molecule has 116 valence electrons. The van der Waals surface area contributed by atoms with Crippen LogP contribution >= 0.6 is 11.8 Å². The molecule has 4 N–H and O–H groups in total. The molecule has 0 spiro atoms. The van der Waals surface area contributed by atoms with Crippen LogP contribution in [0, 0.1) is 0 Å². The molecule has 0 saturated heterocycles. The van der Waals surface area contributed by atoms with Gasteiger partial charge < -0.3 is 21.1 Å². The van der Waals surface area contributed by atoms with E-state index in [0.717, 1.165) is 6.42 Å². The Kier molecular flexibility index (Phi) is 9.83. The molecule has 0 aliphatic carbocycles. The highest BCUT2D eigenvalue weighted by atomic mass is 32.2. The lowest BCUT2D eigenvalue weighted by Crippen LogP contribution is -2.39. The molecule has 0 radical (unpaired) electrons. The predicted octanol–water partition coefficient (Wildman–Crippen LogP) is -0.494. The summed E-state index contributed by atoms with van der Waals surface area (Å²) in [6, 6.07) is -0.893. The summed E-state index contributed by atoms with van der Waals surface area (Å²) in [6.07, 6.45) is 1.16. The maximum Gasteiger partial charge on any atom is 0.320 e. The highest BCUT2D eigenvalue weighted by Gasteiger charge is 2.14. The number of nitrogens with one attached hydrogen (secondary N) is 1. The molecule has 8 heteroatoms. The normalized spacial score (nSPS) is 11.8. The van der Waals surface area contributed by atoms with E-state index in [4.69, 9.17) is 10.8 Å². The van der Waals surface area contributed by atoms with Crippen molar-refractivity contribution in [1.82, 2.24) is 10.2 Å². The number of aliphatic carboxylic acids is 1. The Bertz CT molecular complexity index is 339. The molecule has 0 rings (SSSR count). The molecule has 0 aromatic rings. The van der Waals surface area contributed by atoms with Gasteiger partial charge in [0.1, 0.15) is 6.04 Å². The molecule has 0 saturated carbocycles. The number of carbonyl (C=O) groups is 3.